The number of aromatic amines is 1. The number of hydrogen-bond acceptors (Lipinski definition) is 4. The lowest BCUT2D eigenvalue weighted by Gasteiger charge is -2.29. The predicted molar refractivity (Wildman–Crippen MR) is 86.7 cm³/mol. The first-order valence-corrected chi connectivity index (χ1v) is 8.11. The van der Waals surface area contributed by atoms with E-state index in [2.05, 4.69) is 27.8 Å². The van der Waals surface area contributed by atoms with Gasteiger partial charge in [-0.3, -0.25) is 10.4 Å². The number of aromatic nitrogens is 2. The number of carbonyl (C=O) groups is 1. The second-order valence-corrected chi connectivity index (χ2v) is 7.15. The number of hydrogen-bond donors (Lipinski definition) is 3. The summed E-state index contributed by atoms with van der Waals surface area (Å²) < 4.78 is 5.26. The fourth-order valence-electron chi connectivity index (χ4n) is 2.82. The van der Waals surface area contributed by atoms with Gasteiger partial charge in [0.2, 0.25) is 0 Å². The van der Waals surface area contributed by atoms with E-state index < -0.39 is 11.7 Å². The summed E-state index contributed by atoms with van der Waals surface area (Å²) in [7, 11) is 0. The van der Waals surface area contributed by atoms with Crippen LogP contribution in [0, 0.1) is 5.92 Å². The largest absolute Gasteiger partial charge is 0.444 e. The van der Waals surface area contributed by atoms with Crippen LogP contribution in [0.4, 0.5) is 10.6 Å². The smallest absolute Gasteiger partial charge is 0.413 e. The Morgan fingerprint density at radius 1 is 1.41 bits per heavy atom. The third-order valence-corrected chi connectivity index (χ3v) is 4.01. The molecular weight excluding hydrogens is 280 g/mol. The van der Waals surface area contributed by atoms with Crippen LogP contribution >= 0.6 is 0 Å². The van der Waals surface area contributed by atoms with Crippen LogP contribution in [0.1, 0.15) is 58.9 Å². The molecular formula is C16H28N4O2. The number of rotatable bonds is 4. The van der Waals surface area contributed by atoms with Gasteiger partial charge in [0.15, 0.2) is 0 Å². The first-order valence-electron chi connectivity index (χ1n) is 8.11. The van der Waals surface area contributed by atoms with E-state index in [0.717, 1.165) is 5.56 Å². The zero-order valence-corrected chi connectivity index (χ0v) is 14.0. The van der Waals surface area contributed by atoms with Gasteiger partial charge in [-0.15, -0.1) is 0 Å². The Morgan fingerprint density at radius 3 is 2.82 bits per heavy atom. The second-order valence-electron chi connectivity index (χ2n) is 7.15. The molecule has 0 radical (unpaired) electrons. The van der Waals surface area contributed by atoms with Crippen LogP contribution in [0.3, 0.4) is 0 Å². The van der Waals surface area contributed by atoms with Crippen LogP contribution in [0.5, 0.6) is 0 Å². The quantitative estimate of drug-likeness (QED) is 0.796. The van der Waals surface area contributed by atoms with Crippen molar-refractivity contribution in [1.29, 1.82) is 0 Å². The summed E-state index contributed by atoms with van der Waals surface area (Å²) in [5.74, 6) is 1.30. The molecule has 1 heterocycles. The highest BCUT2D eigenvalue weighted by atomic mass is 16.6. The van der Waals surface area contributed by atoms with Crippen LogP contribution < -0.4 is 10.6 Å². The topological polar surface area (TPSA) is 79.0 Å². The van der Waals surface area contributed by atoms with E-state index in [1.807, 2.05) is 20.8 Å². The molecule has 6 heteroatoms. The molecule has 124 valence electrons. The molecule has 0 spiro atoms. The first-order chi connectivity index (χ1) is 10.3. The molecule has 2 unspecified atom stereocenters. The Balaban J connectivity index is 1.88. The molecule has 6 nitrogen and oxygen atoms in total. The maximum Gasteiger partial charge on any atom is 0.413 e. The number of H-pyrrole nitrogens is 1. The van der Waals surface area contributed by atoms with Crippen LogP contribution in [0.2, 0.25) is 0 Å². The average Bonchev–Trinajstić information content (AvgIpc) is 2.83. The van der Waals surface area contributed by atoms with E-state index in [-0.39, 0.29) is 0 Å². The third-order valence-electron chi connectivity index (χ3n) is 4.01. The lowest BCUT2D eigenvalue weighted by Crippen LogP contribution is -2.36. The SMILES string of the molecule is CC1CCCCC1NCc1cn[nH]c1NC(=O)OC(C)(C)C. The Labute approximate surface area is 132 Å². The number of amides is 1. The Kier molecular flexibility index (Phi) is 5.45. The van der Waals surface area contributed by atoms with Crippen LogP contribution in [-0.2, 0) is 11.3 Å². The summed E-state index contributed by atoms with van der Waals surface area (Å²) in [6.07, 6.45) is 6.39. The summed E-state index contributed by atoms with van der Waals surface area (Å²) in [5.41, 5.74) is 0.434. The number of carbonyl (C=O) groups excluding carboxylic acids is 1. The van der Waals surface area contributed by atoms with Crippen molar-refractivity contribution in [2.45, 2.75) is 71.6 Å². The zero-order chi connectivity index (χ0) is 16.2. The fourth-order valence-corrected chi connectivity index (χ4v) is 2.82. The van der Waals surface area contributed by atoms with Crippen LogP contribution in [0.25, 0.3) is 0 Å². The Bertz CT molecular complexity index is 493. The van der Waals surface area contributed by atoms with Gasteiger partial charge in [-0.25, -0.2) is 4.79 Å². The lowest BCUT2D eigenvalue weighted by molar-refractivity contribution is 0.0635. The highest BCUT2D eigenvalue weighted by Gasteiger charge is 2.22. The van der Waals surface area contributed by atoms with Gasteiger partial charge in [-0.05, 0) is 39.5 Å². The molecule has 1 fully saturated rings. The first kappa shape index (κ1) is 16.8. The van der Waals surface area contributed by atoms with Gasteiger partial charge in [-0.1, -0.05) is 19.8 Å². The van der Waals surface area contributed by atoms with Gasteiger partial charge >= 0.3 is 6.09 Å². The highest BCUT2D eigenvalue weighted by Crippen LogP contribution is 2.24. The molecule has 3 N–H and O–H groups in total. The van der Waals surface area contributed by atoms with Gasteiger partial charge < -0.3 is 10.1 Å². The molecule has 0 saturated heterocycles. The van der Waals surface area contributed by atoms with Crippen molar-refractivity contribution in [3.05, 3.63) is 11.8 Å². The van der Waals surface area contributed by atoms with Crippen molar-refractivity contribution in [2.75, 3.05) is 5.32 Å². The van der Waals surface area contributed by atoms with E-state index in [9.17, 15) is 4.79 Å². The average molecular weight is 308 g/mol. The standard InChI is InChI=1S/C16H28N4O2/c1-11-7-5-6-8-13(11)17-9-12-10-18-20-14(12)19-15(21)22-16(2,3)4/h10-11,13,17H,5-9H2,1-4H3,(H2,18,19,20,21). The van der Waals surface area contributed by atoms with E-state index >= 15 is 0 Å². The van der Waals surface area contributed by atoms with Crippen LogP contribution in [0.15, 0.2) is 6.20 Å². The number of nitrogens with one attached hydrogen (secondary N) is 3. The summed E-state index contributed by atoms with van der Waals surface area (Å²) in [6.45, 7) is 8.51. The van der Waals surface area contributed by atoms with Crippen molar-refractivity contribution >= 4 is 11.9 Å². The van der Waals surface area contributed by atoms with Gasteiger partial charge in [0.05, 0.1) is 6.20 Å². The molecule has 22 heavy (non-hydrogen) atoms. The lowest BCUT2D eigenvalue weighted by atomic mass is 9.86. The minimum atomic E-state index is -0.514. The fraction of sp³-hybridized carbons (Fsp3) is 0.750. The van der Waals surface area contributed by atoms with E-state index in [1.165, 1.54) is 25.7 Å². The summed E-state index contributed by atoms with van der Waals surface area (Å²) >= 11 is 0. The van der Waals surface area contributed by atoms with Crippen LogP contribution in [-0.4, -0.2) is 27.9 Å². The summed E-state index contributed by atoms with van der Waals surface area (Å²) in [5, 5.41) is 13.1. The minimum Gasteiger partial charge on any atom is -0.444 e. The molecule has 1 saturated carbocycles. The van der Waals surface area contributed by atoms with Crippen molar-refractivity contribution in [1.82, 2.24) is 15.5 Å². The predicted octanol–water partition coefficient (Wildman–Crippen LogP) is 3.43. The number of anilines is 1. The normalized spacial score (nSPS) is 22.4. The molecule has 1 aromatic rings. The van der Waals surface area contributed by atoms with E-state index in [0.29, 0.717) is 24.3 Å². The van der Waals surface area contributed by atoms with Crippen molar-refractivity contribution in [2.24, 2.45) is 5.92 Å². The third kappa shape index (κ3) is 5.02. The monoisotopic (exact) mass is 308 g/mol. The van der Waals surface area contributed by atoms with Crippen molar-refractivity contribution in [3.63, 3.8) is 0 Å². The van der Waals surface area contributed by atoms with E-state index in [1.54, 1.807) is 6.20 Å². The van der Waals surface area contributed by atoms with Gasteiger partial charge in [-0.2, -0.15) is 5.10 Å². The maximum atomic E-state index is 11.8. The summed E-state index contributed by atoms with van der Waals surface area (Å²) in [6, 6.07) is 0.540. The molecule has 1 amide bonds. The number of ether oxygens (including phenoxy) is 1. The van der Waals surface area contributed by atoms with E-state index in [4.69, 9.17) is 4.74 Å². The molecule has 2 rings (SSSR count). The second kappa shape index (κ2) is 7.13. The van der Waals surface area contributed by atoms with Crippen molar-refractivity contribution in [3.8, 4) is 0 Å². The maximum absolute atomic E-state index is 11.8. The molecule has 0 bridgehead atoms. The highest BCUT2D eigenvalue weighted by molar-refractivity contribution is 5.84. The van der Waals surface area contributed by atoms with Gasteiger partial charge in [0.25, 0.3) is 0 Å². The molecule has 1 aliphatic carbocycles. The molecule has 1 aromatic heterocycles. The number of nitrogens with zero attached hydrogens (tertiary/aromatic N) is 1. The molecule has 1 aliphatic rings. The Morgan fingerprint density at radius 2 is 2.14 bits per heavy atom. The molecule has 0 aromatic carbocycles. The van der Waals surface area contributed by atoms with Crippen molar-refractivity contribution < 1.29 is 9.53 Å². The summed E-state index contributed by atoms with van der Waals surface area (Å²) in [4.78, 5) is 11.8. The molecule has 0 aliphatic heterocycles. The van der Waals surface area contributed by atoms with Gasteiger partial charge in [0, 0.05) is 18.2 Å². The Hall–Kier alpha value is -1.56. The van der Waals surface area contributed by atoms with Gasteiger partial charge in [0.1, 0.15) is 11.4 Å². The molecule has 2 atom stereocenters. The minimum absolute atomic E-state index is 0.468. The zero-order valence-electron chi connectivity index (χ0n) is 14.0.